The van der Waals surface area contributed by atoms with Crippen molar-refractivity contribution in [3.05, 3.63) is 52.4 Å². The number of hydrogen-bond donors (Lipinski definition) is 0. The predicted molar refractivity (Wildman–Crippen MR) is 71.3 cm³/mol. The SMILES string of the molecule is CC(C)c1cc(Br)ccc1OCc1ccoc1. The quantitative estimate of drug-likeness (QED) is 0.812. The van der Waals surface area contributed by atoms with Crippen LogP contribution in [0.1, 0.15) is 30.9 Å². The average molecular weight is 295 g/mol. The van der Waals surface area contributed by atoms with E-state index in [4.69, 9.17) is 9.15 Å². The standard InChI is InChI=1S/C14H15BrO2/c1-10(2)13-7-12(15)3-4-14(13)17-9-11-5-6-16-8-11/h3-8,10H,9H2,1-2H3. The lowest BCUT2D eigenvalue weighted by atomic mass is 10.0. The zero-order valence-electron chi connectivity index (χ0n) is 9.94. The van der Waals surface area contributed by atoms with Crippen LogP contribution < -0.4 is 4.74 Å². The van der Waals surface area contributed by atoms with Gasteiger partial charge in [0.1, 0.15) is 12.4 Å². The second-order valence-corrected chi connectivity index (χ2v) is 5.17. The molecular weight excluding hydrogens is 280 g/mol. The van der Waals surface area contributed by atoms with Gasteiger partial charge in [-0.05, 0) is 35.7 Å². The molecule has 0 aliphatic heterocycles. The molecule has 1 aromatic carbocycles. The highest BCUT2D eigenvalue weighted by molar-refractivity contribution is 9.10. The zero-order valence-corrected chi connectivity index (χ0v) is 11.5. The van der Waals surface area contributed by atoms with Crippen molar-refractivity contribution in [1.29, 1.82) is 0 Å². The van der Waals surface area contributed by atoms with E-state index in [0.29, 0.717) is 12.5 Å². The van der Waals surface area contributed by atoms with Crippen LogP contribution >= 0.6 is 15.9 Å². The third-order valence-electron chi connectivity index (χ3n) is 2.57. The minimum Gasteiger partial charge on any atom is -0.488 e. The Morgan fingerprint density at radius 3 is 2.76 bits per heavy atom. The molecule has 1 aromatic heterocycles. The molecule has 0 saturated carbocycles. The normalized spacial score (nSPS) is 10.8. The molecule has 90 valence electrons. The first-order chi connectivity index (χ1) is 8.16. The minimum atomic E-state index is 0.437. The first-order valence-electron chi connectivity index (χ1n) is 5.60. The summed E-state index contributed by atoms with van der Waals surface area (Å²) in [5, 5.41) is 0. The fourth-order valence-corrected chi connectivity index (χ4v) is 2.02. The summed E-state index contributed by atoms with van der Waals surface area (Å²) >= 11 is 3.48. The van der Waals surface area contributed by atoms with Gasteiger partial charge in [-0.3, -0.25) is 0 Å². The summed E-state index contributed by atoms with van der Waals surface area (Å²) in [6.07, 6.45) is 3.36. The van der Waals surface area contributed by atoms with E-state index in [1.54, 1.807) is 12.5 Å². The molecule has 0 amide bonds. The lowest BCUT2D eigenvalue weighted by molar-refractivity contribution is 0.300. The Labute approximate surface area is 110 Å². The molecule has 0 saturated heterocycles. The molecule has 0 aliphatic rings. The molecule has 0 aliphatic carbocycles. The topological polar surface area (TPSA) is 22.4 Å². The predicted octanol–water partition coefficient (Wildman–Crippen LogP) is 4.74. The monoisotopic (exact) mass is 294 g/mol. The Kier molecular flexibility index (Phi) is 3.89. The summed E-state index contributed by atoms with van der Waals surface area (Å²) in [5.74, 6) is 1.37. The second kappa shape index (κ2) is 5.41. The Hall–Kier alpha value is -1.22. The number of hydrogen-bond acceptors (Lipinski definition) is 2. The maximum atomic E-state index is 5.82. The highest BCUT2D eigenvalue weighted by Crippen LogP contribution is 2.30. The van der Waals surface area contributed by atoms with Crippen LogP contribution in [0, 0.1) is 0 Å². The van der Waals surface area contributed by atoms with Crippen molar-refractivity contribution in [1.82, 2.24) is 0 Å². The van der Waals surface area contributed by atoms with Gasteiger partial charge in [0.2, 0.25) is 0 Å². The summed E-state index contributed by atoms with van der Waals surface area (Å²) in [6.45, 7) is 4.86. The lowest BCUT2D eigenvalue weighted by Crippen LogP contribution is -1.99. The Morgan fingerprint density at radius 1 is 1.29 bits per heavy atom. The van der Waals surface area contributed by atoms with Crippen LogP contribution in [0.15, 0.2) is 45.7 Å². The Balaban J connectivity index is 2.14. The van der Waals surface area contributed by atoms with Crippen molar-refractivity contribution in [2.75, 3.05) is 0 Å². The molecule has 0 fully saturated rings. The molecule has 0 radical (unpaired) electrons. The molecule has 0 atom stereocenters. The maximum Gasteiger partial charge on any atom is 0.123 e. The van der Waals surface area contributed by atoms with Crippen molar-refractivity contribution < 1.29 is 9.15 Å². The van der Waals surface area contributed by atoms with E-state index in [9.17, 15) is 0 Å². The largest absolute Gasteiger partial charge is 0.488 e. The van der Waals surface area contributed by atoms with E-state index in [0.717, 1.165) is 15.8 Å². The van der Waals surface area contributed by atoms with Gasteiger partial charge in [0.15, 0.2) is 0 Å². The molecule has 0 bridgehead atoms. The van der Waals surface area contributed by atoms with Crippen LogP contribution in [0.25, 0.3) is 0 Å². The number of rotatable bonds is 4. The van der Waals surface area contributed by atoms with Gasteiger partial charge in [0, 0.05) is 10.0 Å². The molecular formula is C14H15BrO2. The third kappa shape index (κ3) is 3.13. The van der Waals surface area contributed by atoms with E-state index in [1.165, 1.54) is 5.56 Å². The van der Waals surface area contributed by atoms with Crippen LogP contribution in [-0.4, -0.2) is 0 Å². The van der Waals surface area contributed by atoms with Crippen LogP contribution in [0.2, 0.25) is 0 Å². The van der Waals surface area contributed by atoms with Gasteiger partial charge in [-0.2, -0.15) is 0 Å². The average Bonchev–Trinajstić information content (AvgIpc) is 2.80. The number of furan rings is 1. The number of halogens is 1. The molecule has 0 unspecified atom stereocenters. The molecule has 2 rings (SSSR count). The van der Waals surface area contributed by atoms with E-state index in [2.05, 4.69) is 35.8 Å². The van der Waals surface area contributed by atoms with Crippen molar-refractivity contribution in [2.45, 2.75) is 26.4 Å². The van der Waals surface area contributed by atoms with Crippen LogP contribution in [0.5, 0.6) is 5.75 Å². The van der Waals surface area contributed by atoms with Gasteiger partial charge >= 0.3 is 0 Å². The first kappa shape index (κ1) is 12.2. The Morgan fingerprint density at radius 2 is 2.12 bits per heavy atom. The van der Waals surface area contributed by atoms with Crippen molar-refractivity contribution >= 4 is 15.9 Å². The molecule has 2 aromatic rings. The summed E-state index contributed by atoms with van der Waals surface area (Å²) < 4.78 is 11.9. The zero-order chi connectivity index (χ0) is 12.3. The summed E-state index contributed by atoms with van der Waals surface area (Å²) in [5.41, 5.74) is 2.26. The fraction of sp³-hybridized carbons (Fsp3) is 0.286. The van der Waals surface area contributed by atoms with Gasteiger partial charge < -0.3 is 9.15 Å². The van der Waals surface area contributed by atoms with Crippen molar-refractivity contribution in [3.8, 4) is 5.75 Å². The van der Waals surface area contributed by atoms with E-state index < -0.39 is 0 Å². The lowest BCUT2D eigenvalue weighted by Gasteiger charge is -2.14. The van der Waals surface area contributed by atoms with Gasteiger partial charge in [-0.15, -0.1) is 0 Å². The summed E-state index contributed by atoms with van der Waals surface area (Å²) in [6, 6.07) is 8.01. The van der Waals surface area contributed by atoms with Crippen LogP contribution in [0.3, 0.4) is 0 Å². The highest BCUT2D eigenvalue weighted by atomic mass is 79.9. The van der Waals surface area contributed by atoms with E-state index in [-0.39, 0.29) is 0 Å². The van der Waals surface area contributed by atoms with Crippen molar-refractivity contribution in [3.63, 3.8) is 0 Å². The first-order valence-corrected chi connectivity index (χ1v) is 6.39. The smallest absolute Gasteiger partial charge is 0.123 e. The minimum absolute atomic E-state index is 0.437. The van der Waals surface area contributed by atoms with Crippen LogP contribution in [0.4, 0.5) is 0 Å². The van der Waals surface area contributed by atoms with E-state index in [1.807, 2.05) is 18.2 Å². The highest BCUT2D eigenvalue weighted by Gasteiger charge is 2.08. The third-order valence-corrected chi connectivity index (χ3v) is 3.06. The molecule has 1 heterocycles. The molecule has 3 heteroatoms. The van der Waals surface area contributed by atoms with Gasteiger partial charge in [-0.25, -0.2) is 0 Å². The van der Waals surface area contributed by atoms with E-state index >= 15 is 0 Å². The van der Waals surface area contributed by atoms with Crippen molar-refractivity contribution in [2.24, 2.45) is 0 Å². The number of ether oxygens (including phenoxy) is 1. The molecule has 0 spiro atoms. The number of benzene rings is 1. The summed E-state index contributed by atoms with van der Waals surface area (Å²) in [4.78, 5) is 0. The van der Waals surface area contributed by atoms with Gasteiger partial charge in [0.25, 0.3) is 0 Å². The maximum absolute atomic E-state index is 5.82. The second-order valence-electron chi connectivity index (χ2n) is 4.26. The Bertz CT molecular complexity index is 475. The van der Waals surface area contributed by atoms with Gasteiger partial charge in [0.05, 0.1) is 12.5 Å². The molecule has 17 heavy (non-hydrogen) atoms. The van der Waals surface area contributed by atoms with Crippen LogP contribution in [-0.2, 0) is 6.61 Å². The summed E-state index contributed by atoms with van der Waals surface area (Å²) in [7, 11) is 0. The molecule has 2 nitrogen and oxygen atoms in total. The van der Waals surface area contributed by atoms with Gasteiger partial charge in [-0.1, -0.05) is 29.8 Å². The fourth-order valence-electron chi connectivity index (χ4n) is 1.64. The molecule has 0 N–H and O–H groups in total.